The Balaban J connectivity index is 1.16. The zero-order chi connectivity index (χ0) is 36.6. The highest BCUT2D eigenvalue weighted by Gasteiger charge is 2.62. The van der Waals surface area contributed by atoms with E-state index in [0.717, 1.165) is 36.0 Å². The fraction of sp³-hybridized carbons (Fsp3) is 0.649. The van der Waals surface area contributed by atoms with Crippen molar-refractivity contribution in [3.8, 4) is 0 Å². The zero-order valence-corrected chi connectivity index (χ0v) is 30.5. The lowest BCUT2D eigenvalue weighted by atomic mass is 9.83. The molecule has 3 N–H and O–H groups in total. The van der Waals surface area contributed by atoms with Gasteiger partial charge in [-0.05, 0) is 73.5 Å². The van der Waals surface area contributed by atoms with E-state index in [-0.39, 0.29) is 37.8 Å². The minimum absolute atomic E-state index is 0.0330. The van der Waals surface area contributed by atoms with E-state index in [1.165, 1.54) is 4.90 Å². The van der Waals surface area contributed by atoms with Crippen LogP contribution in [0.1, 0.15) is 101 Å². The highest BCUT2D eigenvalue weighted by molar-refractivity contribution is 7.91. The van der Waals surface area contributed by atoms with Crippen LogP contribution in [0.2, 0.25) is 0 Å². The molecule has 0 radical (unpaired) electrons. The predicted molar refractivity (Wildman–Crippen MR) is 189 cm³/mol. The fourth-order valence-electron chi connectivity index (χ4n) is 8.39. The van der Waals surface area contributed by atoms with Crippen molar-refractivity contribution >= 4 is 46.0 Å². The molecular weight excluding hydrogens is 691 g/mol. The number of nitrogens with zero attached hydrogens (tertiary/aromatic N) is 2. The first-order chi connectivity index (χ1) is 25.0. The van der Waals surface area contributed by atoms with Crippen molar-refractivity contribution in [2.45, 2.75) is 126 Å². The van der Waals surface area contributed by atoms with Gasteiger partial charge in [-0.3, -0.25) is 24.0 Å². The summed E-state index contributed by atoms with van der Waals surface area (Å²) in [5.41, 5.74) is 1.57. The van der Waals surface area contributed by atoms with Gasteiger partial charge in [0.05, 0.1) is 24.9 Å². The van der Waals surface area contributed by atoms with E-state index < -0.39 is 68.9 Å². The van der Waals surface area contributed by atoms with Crippen LogP contribution in [-0.4, -0.2) is 90.3 Å². The lowest BCUT2D eigenvalue weighted by molar-refractivity contribution is -0.142. The number of amides is 5. The molecule has 3 aliphatic heterocycles. The van der Waals surface area contributed by atoms with Crippen LogP contribution in [0, 0.1) is 11.8 Å². The van der Waals surface area contributed by atoms with Crippen molar-refractivity contribution in [3.63, 3.8) is 0 Å². The van der Waals surface area contributed by atoms with Gasteiger partial charge in [-0.1, -0.05) is 63.0 Å². The molecule has 7 rings (SSSR count). The molecule has 0 unspecified atom stereocenters. The molecule has 52 heavy (non-hydrogen) atoms. The van der Waals surface area contributed by atoms with Gasteiger partial charge < -0.3 is 25.0 Å². The molecule has 0 aromatic heterocycles. The maximum atomic E-state index is 14.6. The molecule has 15 heteroatoms. The summed E-state index contributed by atoms with van der Waals surface area (Å²) in [7, 11) is -3.87. The Morgan fingerprint density at radius 1 is 1.04 bits per heavy atom. The molecule has 0 spiro atoms. The number of carbonyl (C=O) groups is 5. The third-order valence-corrected chi connectivity index (χ3v) is 13.5. The number of ether oxygens (including phenoxy) is 2. The standard InChI is InChI=1S/C37H49N5O9S/c1-2-26-19-37(26,34(45)40-52(48,49)28-15-16-28)39-32(43)30-18-27-21-42(30)33(44)31(24-11-5-3-6-12-24)38-35(46)50-17-8-4-7-10-23-13-9-14-25-20-41(22-29(23)25)36(47)51-27/h7,9-10,13-14,24,26-28,30-31H,2-6,8,11-12,15-22H2,1H3,(H,38,46)(H,39,43)(H,40,45)/t26-,27-,30+,31+,37-/m1/s1. The van der Waals surface area contributed by atoms with Crippen molar-refractivity contribution in [3.05, 3.63) is 41.0 Å². The summed E-state index contributed by atoms with van der Waals surface area (Å²) in [5, 5.41) is 5.04. The van der Waals surface area contributed by atoms with Crippen LogP contribution in [0.5, 0.6) is 0 Å². The summed E-state index contributed by atoms with van der Waals surface area (Å²) in [6.07, 6.45) is 9.03. The van der Waals surface area contributed by atoms with Crippen LogP contribution in [0.25, 0.3) is 6.08 Å². The summed E-state index contributed by atoms with van der Waals surface area (Å²) in [5.74, 6) is -2.39. The second kappa shape index (κ2) is 14.7. The molecule has 4 fully saturated rings. The molecule has 5 amide bonds. The molecule has 282 valence electrons. The normalized spacial score (nSPS) is 30.0. The highest BCUT2D eigenvalue weighted by atomic mass is 32.2. The summed E-state index contributed by atoms with van der Waals surface area (Å²) in [6.45, 7) is 2.63. The molecule has 3 saturated carbocycles. The topological polar surface area (TPSA) is 181 Å². The molecule has 1 aromatic carbocycles. The monoisotopic (exact) mass is 739 g/mol. The first-order valence-corrected chi connectivity index (χ1v) is 20.4. The quantitative estimate of drug-likeness (QED) is 0.377. The number of sulfonamides is 1. The Labute approximate surface area is 304 Å². The summed E-state index contributed by atoms with van der Waals surface area (Å²) < 4.78 is 39.1. The van der Waals surface area contributed by atoms with Crippen LogP contribution in [0.15, 0.2) is 24.3 Å². The van der Waals surface area contributed by atoms with Gasteiger partial charge in [0.1, 0.15) is 23.7 Å². The SMILES string of the molecule is CC[C@@H]1C[C@]1(NC(=O)[C@@H]1C[C@@H]2CN1C(=O)[C@H](C1CCCCC1)NC(=O)OCCCC=Cc1cccc3c1CN(C3)C(=O)O2)C(=O)NS(=O)(=O)C1CC1. The number of benzene rings is 1. The molecule has 3 aliphatic carbocycles. The second-order valence-electron chi connectivity index (χ2n) is 15.2. The zero-order valence-electron chi connectivity index (χ0n) is 29.6. The van der Waals surface area contributed by atoms with Crippen LogP contribution < -0.4 is 15.4 Å². The van der Waals surface area contributed by atoms with Gasteiger partial charge in [-0.2, -0.15) is 0 Å². The molecule has 1 aromatic rings. The smallest absolute Gasteiger partial charge is 0.410 e. The van der Waals surface area contributed by atoms with Crippen LogP contribution in [0.4, 0.5) is 9.59 Å². The third kappa shape index (κ3) is 7.51. The average Bonchev–Trinajstić information content (AvgIpc) is 4.02. The van der Waals surface area contributed by atoms with E-state index in [4.69, 9.17) is 9.47 Å². The van der Waals surface area contributed by atoms with Gasteiger partial charge in [0, 0.05) is 13.0 Å². The Bertz CT molecular complexity index is 1740. The maximum absolute atomic E-state index is 14.6. The van der Waals surface area contributed by atoms with Crippen molar-refractivity contribution in [2.24, 2.45) is 11.8 Å². The van der Waals surface area contributed by atoms with Gasteiger partial charge in [-0.15, -0.1) is 0 Å². The summed E-state index contributed by atoms with van der Waals surface area (Å²) >= 11 is 0. The van der Waals surface area contributed by atoms with Gasteiger partial charge in [0.2, 0.25) is 21.8 Å². The molecule has 6 aliphatic rings. The third-order valence-electron chi connectivity index (χ3n) is 11.6. The van der Waals surface area contributed by atoms with E-state index in [1.54, 1.807) is 4.90 Å². The lowest BCUT2D eigenvalue weighted by Crippen LogP contribution is -2.59. The minimum Gasteiger partial charge on any atom is -0.450 e. The molecule has 5 atom stereocenters. The predicted octanol–water partition coefficient (Wildman–Crippen LogP) is 3.48. The number of alkyl carbamates (subject to hydrolysis) is 1. The Morgan fingerprint density at radius 2 is 1.83 bits per heavy atom. The first kappa shape index (κ1) is 36.2. The van der Waals surface area contributed by atoms with Gasteiger partial charge >= 0.3 is 12.2 Å². The molecule has 14 nitrogen and oxygen atoms in total. The minimum atomic E-state index is -3.87. The molecule has 4 bridgehead atoms. The molecular formula is C37H49N5O9S. The van der Waals surface area contributed by atoms with Crippen molar-refractivity contribution < 1.29 is 41.9 Å². The number of hydrogen-bond acceptors (Lipinski definition) is 9. The van der Waals surface area contributed by atoms with Crippen LogP contribution in [0.3, 0.4) is 0 Å². The van der Waals surface area contributed by atoms with Crippen molar-refractivity contribution in [1.82, 2.24) is 25.2 Å². The molecule has 1 saturated heterocycles. The number of allylic oxidation sites excluding steroid dienone is 1. The van der Waals surface area contributed by atoms with E-state index in [1.807, 2.05) is 37.3 Å². The van der Waals surface area contributed by atoms with E-state index in [9.17, 15) is 32.4 Å². The second-order valence-corrected chi connectivity index (χ2v) is 17.2. The number of nitrogens with one attached hydrogen (secondary N) is 3. The van der Waals surface area contributed by atoms with E-state index in [0.29, 0.717) is 58.0 Å². The summed E-state index contributed by atoms with van der Waals surface area (Å²) in [6, 6.07) is 3.79. The number of carbonyl (C=O) groups excluding carboxylic acids is 5. The van der Waals surface area contributed by atoms with E-state index in [2.05, 4.69) is 15.4 Å². The average molecular weight is 740 g/mol. The lowest BCUT2D eigenvalue weighted by Gasteiger charge is -2.34. The largest absolute Gasteiger partial charge is 0.450 e. The van der Waals surface area contributed by atoms with Crippen LogP contribution >= 0.6 is 0 Å². The number of hydrogen-bond donors (Lipinski definition) is 3. The Kier molecular flexibility index (Phi) is 10.2. The number of cyclic esters (lactones) is 1. The number of fused-ring (bicyclic) bond motifs is 3. The van der Waals surface area contributed by atoms with Crippen molar-refractivity contribution in [2.75, 3.05) is 13.2 Å². The highest BCUT2D eigenvalue weighted by Crippen LogP contribution is 2.47. The van der Waals surface area contributed by atoms with Gasteiger partial charge in [0.25, 0.3) is 5.91 Å². The Hall–Kier alpha value is -4.14. The van der Waals surface area contributed by atoms with Crippen molar-refractivity contribution in [1.29, 1.82) is 0 Å². The number of rotatable bonds is 7. The van der Waals surface area contributed by atoms with Crippen LogP contribution in [-0.2, 0) is 47.0 Å². The maximum Gasteiger partial charge on any atom is 0.410 e. The van der Waals surface area contributed by atoms with Gasteiger partial charge in [0.15, 0.2) is 0 Å². The van der Waals surface area contributed by atoms with Gasteiger partial charge in [-0.25, -0.2) is 18.0 Å². The van der Waals surface area contributed by atoms with E-state index >= 15 is 0 Å². The first-order valence-electron chi connectivity index (χ1n) is 18.8. The fourth-order valence-corrected chi connectivity index (χ4v) is 9.76. The Morgan fingerprint density at radius 3 is 2.56 bits per heavy atom. The molecule has 3 heterocycles. The summed E-state index contributed by atoms with van der Waals surface area (Å²) in [4.78, 5) is 72.1.